The predicted octanol–water partition coefficient (Wildman–Crippen LogP) is 3.60. The van der Waals surface area contributed by atoms with Gasteiger partial charge in [-0.15, -0.1) is 0 Å². The van der Waals surface area contributed by atoms with Crippen LogP contribution in [0.2, 0.25) is 0 Å². The van der Waals surface area contributed by atoms with Gasteiger partial charge in [0, 0.05) is 30.6 Å². The van der Waals surface area contributed by atoms with Crippen molar-refractivity contribution < 1.29 is 13.9 Å². The molecule has 0 N–H and O–H groups in total. The molecule has 5 heteroatoms. The second-order valence-corrected chi connectivity index (χ2v) is 6.28. The minimum Gasteiger partial charge on any atom is -0.494 e. The quantitative estimate of drug-likeness (QED) is 0.804. The molecule has 0 unspecified atom stereocenters. The van der Waals surface area contributed by atoms with E-state index in [4.69, 9.17) is 9.15 Å². The lowest BCUT2D eigenvalue weighted by Crippen LogP contribution is -2.38. The van der Waals surface area contributed by atoms with Gasteiger partial charge >= 0.3 is 5.63 Å². The van der Waals surface area contributed by atoms with E-state index in [1.807, 2.05) is 14.0 Å². The number of carbonyl (C=O) groups is 1. The van der Waals surface area contributed by atoms with Crippen LogP contribution in [0, 0.1) is 0 Å². The Kier molecular flexibility index (Phi) is 4.88. The molecule has 0 saturated heterocycles. The zero-order valence-electron chi connectivity index (χ0n) is 14.2. The molecular weight excluding hydrogens is 306 g/mol. The molecule has 0 atom stereocenters. The van der Waals surface area contributed by atoms with E-state index in [2.05, 4.69) is 0 Å². The molecule has 1 aromatic carbocycles. The molecule has 1 saturated carbocycles. The van der Waals surface area contributed by atoms with Gasteiger partial charge in [-0.1, -0.05) is 19.3 Å². The standard InChI is InChI=1S/C19H23NO4/c1-3-23-14-9-10-15-16(12-18(21)24-17(15)11-14)19(22)20(2)13-7-5-4-6-8-13/h9-13H,3-8H2,1-2H3. The van der Waals surface area contributed by atoms with Gasteiger partial charge < -0.3 is 14.1 Å². The Morgan fingerprint density at radius 3 is 2.71 bits per heavy atom. The Morgan fingerprint density at radius 1 is 1.25 bits per heavy atom. The van der Waals surface area contributed by atoms with Crippen LogP contribution < -0.4 is 10.4 Å². The number of benzene rings is 1. The molecule has 2 aromatic rings. The largest absolute Gasteiger partial charge is 0.494 e. The first-order chi connectivity index (χ1) is 11.6. The highest BCUT2D eigenvalue weighted by Gasteiger charge is 2.25. The molecule has 1 amide bonds. The molecule has 5 nitrogen and oxygen atoms in total. The van der Waals surface area contributed by atoms with Crippen molar-refractivity contribution in [2.75, 3.05) is 13.7 Å². The Labute approximate surface area is 141 Å². The van der Waals surface area contributed by atoms with Crippen molar-refractivity contribution in [2.45, 2.75) is 45.1 Å². The summed E-state index contributed by atoms with van der Waals surface area (Å²) in [6.07, 6.45) is 5.58. The topological polar surface area (TPSA) is 59.8 Å². The summed E-state index contributed by atoms with van der Waals surface area (Å²) >= 11 is 0. The summed E-state index contributed by atoms with van der Waals surface area (Å²) in [4.78, 5) is 26.6. The predicted molar refractivity (Wildman–Crippen MR) is 92.6 cm³/mol. The molecular formula is C19H23NO4. The van der Waals surface area contributed by atoms with Crippen LogP contribution >= 0.6 is 0 Å². The smallest absolute Gasteiger partial charge is 0.337 e. The maximum Gasteiger partial charge on any atom is 0.337 e. The van der Waals surface area contributed by atoms with Crippen LogP contribution in [0.3, 0.4) is 0 Å². The summed E-state index contributed by atoms with van der Waals surface area (Å²) in [5, 5.41) is 0.644. The minimum atomic E-state index is -0.517. The lowest BCUT2D eigenvalue weighted by Gasteiger charge is -2.31. The van der Waals surface area contributed by atoms with Crippen molar-refractivity contribution in [1.29, 1.82) is 0 Å². The molecule has 0 radical (unpaired) electrons. The van der Waals surface area contributed by atoms with E-state index < -0.39 is 5.63 Å². The summed E-state index contributed by atoms with van der Waals surface area (Å²) in [6, 6.07) is 6.78. The number of fused-ring (bicyclic) bond motifs is 1. The van der Waals surface area contributed by atoms with Crippen LogP contribution in [0.1, 0.15) is 49.4 Å². The van der Waals surface area contributed by atoms with Gasteiger partial charge in [0.15, 0.2) is 0 Å². The van der Waals surface area contributed by atoms with Crippen molar-refractivity contribution in [3.05, 3.63) is 40.2 Å². The third kappa shape index (κ3) is 3.30. The molecule has 0 bridgehead atoms. The fourth-order valence-corrected chi connectivity index (χ4v) is 3.40. The first-order valence-electron chi connectivity index (χ1n) is 8.58. The molecule has 1 fully saturated rings. The number of carbonyl (C=O) groups excluding carboxylic acids is 1. The van der Waals surface area contributed by atoms with E-state index >= 15 is 0 Å². The average Bonchev–Trinajstić information content (AvgIpc) is 2.60. The van der Waals surface area contributed by atoms with Crippen molar-refractivity contribution in [1.82, 2.24) is 4.90 Å². The summed E-state index contributed by atoms with van der Waals surface area (Å²) in [7, 11) is 1.83. The fourth-order valence-electron chi connectivity index (χ4n) is 3.40. The van der Waals surface area contributed by atoms with E-state index in [-0.39, 0.29) is 11.9 Å². The number of amides is 1. The highest BCUT2D eigenvalue weighted by molar-refractivity contribution is 6.05. The number of hydrogen-bond acceptors (Lipinski definition) is 4. The number of ether oxygens (including phenoxy) is 1. The van der Waals surface area contributed by atoms with Crippen LogP contribution in [-0.2, 0) is 0 Å². The van der Waals surface area contributed by atoms with Gasteiger partial charge in [0.25, 0.3) is 5.91 Å². The molecule has 1 aliphatic rings. The summed E-state index contributed by atoms with van der Waals surface area (Å²) in [5.41, 5.74) is 0.266. The highest BCUT2D eigenvalue weighted by atomic mass is 16.5. The monoisotopic (exact) mass is 329 g/mol. The maximum absolute atomic E-state index is 12.9. The van der Waals surface area contributed by atoms with E-state index in [1.165, 1.54) is 12.5 Å². The van der Waals surface area contributed by atoms with Crippen molar-refractivity contribution in [3.63, 3.8) is 0 Å². The Morgan fingerprint density at radius 2 is 2.00 bits per heavy atom. The fraction of sp³-hybridized carbons (Fsp3) is 0.474. The Balaban J connectivity index is 1.98. The van der Waals surface area contributed by atoms with E-state index in [1.54, 1.807) is 23.1 Å². The van der Waals surface area contributed by atoms with Gasteiger partial charge in [-0.3, -0.25) is 4.79 Å². The van der Waals surface area contributed by atoms with E-state index in [0.717, 1.165) is 25.7 Å². The molecule has 0 aliphatic heterocycles. The van der Waals surface area contributed by atoms with Gasteiger partial charge in [-0.05, 0) is 31.9 Å². The number of nitrogens with zero attached hydrogens (tertiary/aromatic N) is 1. The highest BCUT2D eigenvalue weighted by Crippen LogP contribution is 2.26. The molecule has 0 spiro atoms. The van der Waals surface area contributed by atoms with Crippen LogP contribution in [0.5, 0.6) is 5.75 Å². The zero-order valence-corrected chi connectivity index (χ0v) is 14.2. The molecule has 1 heterocycles. The summed E-state index contributed by atoms with van der Waals surface area (Å²) in [6.45, 7) is 2.41. The third-order valence-electron chi connectivity index (χ3n) is 4.70. The third-order valence-corrected chi connectivity index (χ3v) is 4.70. The second-order valence-electron chi connectivity index (χ2n) is 6.28. The number of hydrogen-bond donors (Lipinski definition) is 0. The van der Waals surface area contributed by atoms with Crippen molar-refractivity contribution >= 4 is 16.9 Å². The minimum absolute atomic E-state index is 0.121. The van der Waals surface area contributed by atoms with Gasteiger partial charge in [0.05, 0.1) is 12.2 Å². The first kappa shape index (κ1) is 16.6. The molecule has 24 heavy (non-hydrogen) atoms. The van der Waals surface area contributed by atoms with E-state index in [0.29, 0.717) is 28.9 Å². The van der Waals surface area contributed by atoms with Crippen LogP contribution in [0.25, 0.3) is 11.0 Å². The first-order valence-corrected chi connectivity index (χ1v) is 8.58. The molecule has 128 valence electrons. The average molecular weight is 329 g/mol. The Hall–Kier alpha value is -2.30. The molecule has 1 aliphatic carbocycles. The maximum atomic E-state index is 12.9. The van der Waals surface area contributed by atoms with Gasteiger partial charge in [-0.25, -0.2) is 4.79 Å². The normalized spacial score (nSPS) is 15.4. The molecule has 3 rings (SSSR count). The summed E-state index contributed by atoms with van der Waals surface area (Å²) in [5.74, 6) is 0.502. The van der Waals surface area contributed by atoms with Crippen LogP contribution in [0.4, 0.5) is 0 Å². The lowest BCUT2D eigenvalue weighted by molar-refractivity contribution is 0.0697. The lowest BCUT2D eigenvalue weighted by atomic mass is 9.94. The van der Waals surface area contributed by atoms with Gasteiger partial charge in [-0.2, -0.15) is 0 Å². The van der Waals surface area contributed by atoms with Gasteiger partial charge in [0.1, 0.15) is 11.3 Å². The zero-order chi connectivity index (χ0) is 17.1. The second kappa shape index (κ2) is 7.07. The molecule has 1 aromatic heterocycles. The SMILES string of the molecule is CCOc1ccc2c(C(=O)N(C)C3CCCCC3)cc(=O)oc2c1. The van der Waals surface area contributed by atoms with Crippen LogP contribution in [-0.4, -0.2) is 30.5 Å². The Bertz CT molecular complexity index is 790. The summed E-state index contributed by atoms with van der Waals surface area (Å²) < 4.78 is 10.7. The van der Waals surface area contributed by atoms with E-state index in [9.17, 15) is 9.59 Å². The van der Waals surface area contributed by atoms with Crippen molar-refractivity contribution in [3.8, 4) is 5.75 Å². The number of rotatable bonds is 4. The van der Waals surface area contributed by atoms with Crippen molar-refractivity contribution in [2.24, 2.45) is 0 Å². The van der Waals surface area contributed by atoms with Gasteiger partial charge in [0.2, 0.25) is 0 Å². The van der Waals surface area contributed by atoms with Crippen LogP contribution in [0.15, 0.2) is 33.5 Å².